The smallest absolute Gasteiger partial charge is 0.355 e. The van der Waals surface area contributed by atoms with Gasteiger partial charge in [0.2, 0.25) is 0 Å². The Morgan fingerprint density at radius 3 is 2.32 bits per heavy atom. The first-order chi connectivity index (χ1) is 13.5. The Hall–Kier alpha value is -3.98. The fraction of sp³-hybridized carbons (Fsp3) is 0.0455. The van der Waals surface area contributed by atoms with Gasteiger partial charge in [0.1, 0.15) is 11.5 Å². The average Bonchev–Trinajstić information content (AvgIpc) is 3.16. The lowest BCUT2D eigenvalue weighted by molar-refractivity contribution is 0.0591. The largest absolute Gasteiger partial charge is 0.464 e. The minimum Gasteiger partial charge on any atom is -0.464 e. The Labute approximate surface area is 160 Å². The summed E-state index contributed by atoms with van der Waals surface area (Å²) in [5.74, 6) is -1.21. The second-order valence-electron chi connectivity index (χ2n) is 5.83. The number of ketones is 1. The van der Waals surface area contributed by atoms with E-state index < -0.39 is 11.8 Å². The van der Waals surface area contributed by atoms with Crippen molar-refractivity contribution in [3.05, 3.63) is 95.1 Å². The van der Waals surface area contributed by atoms with Crippen molar-refractivity contribution in [3.8, 4) is 11.8 Å². The molecule has 0 aliphatic rings. The molecule has 0 aliphatic heterocycles. The van der Waals surface area contributed by atoms with Crippen molar-refractivity contribution in [3.63, 3.8) is 0 Å². The lowest BCUT2D eigenvalue weighted by Gasteiger charge is -2.10. The quantitative estimate of drug-likeness (QED) is 0.382. The van der Waals surface area contributed by atoms with Gasteiger partial charge in [-0.1, -0.05) is 0 Å². The van der Waals surface area contributed by atoms with Gasteiger partial charge in [-0.3, -0.25) is 4.79 Å². The summed E-state index contributed by atoms with van der Waals surface area (Å²) in [6.45, 7) is 0. The van der Waals surface area contributed by atoms with Gasteiger partial charge in [-0.25, -0.2) is 9.18 Å². The maximum Gasteiger partial charge on any atom is 0.355 e. The van der Waals surface area contributed by atoms with E-state index in [0.717, 1.165) is 0 Å². The summed E-state index contributed by atoms with van der Waals surface area (Å²) in [6, 6.07) is 17.1. The van der Waals surface area contributed by atoms with Crippen LogP contribution in [0.25, 0.3) is 11.8 Å². The number of nitrogens with zero attached hydrogens (tertiary/aromatic N) is 2. The molecule has 0 aliphatic carbocycles. The highest BCUT2D eigenvalue weighted by Crippen LogP contribution is 2.20. The van der Waals surface area contributed by atoms with Gasteiger partial charge in [-0.15, -0.1) is 0 Å². The first-order valence-corrected chi connectivity index (χ1v) is 8.32. The second-order valence-corrected chi connectivity index (χ2v) is 5.83. The van der Waals surface area contributed by atoms with Crippen molar-refractivity contribution in [1.82, 2.24) is 4.57 Å². The van der Waals surface area contributed by atoms with Gasteiger partial charge in [0.15, 0.2) is 5.78 Å². The van der Waals surface area contributed by atoms with Crippen LogP contribution in [0.3, 0.4) is 0 Å². The van der Waals surface area contributed by atoms with Crippen LogP contribution in [0, 0.1) is 17.1 Å². The van der Waals surface area contributed by atoms with Crippen molar-refractivity contribution in [2.45, 2.75) is 0 Å². The lowest BCUT2D eigenvalue weighted by atomic mass is 10.1. The highest BCUT2D eigenvalue weighted by Gasteiger charge is 2.16. The standard InChI is InChI=1S/C22H15FN2O3/c1-28-22(27)20-12-10-19(25(20)18-8-6-17(23)7-9-18)11-13-21(26)16-4-2-15(14-24)3-5-16/h2-13H,1H3/b13-11-. The molecule has 0 amide bonds. The minimum absolute atomic E-state index is 0.250. The highest BCUT2D eigenvalue weighted by molar-refractivity contribution is 6.06. The van der Waals surface area contributed by atoms with Crippen molar-refractivity contribution in [1.29, 1.82) is 5.26 Å². The molecule has 1 heterocycles. The zero-order chi connectivity index (χ0) is 20.1. The number of esters is 1. The molecule has 1 aromatic heterocycles. The number of benzene rings is 2. The van der Waals surface area contributed by atoms with Crippen molar-refractivity contribution >= 4 is 17.8 Å². The second kappa shape index (κ2) is 8.14. The molecule has 5 nitrogen and oxygen atoms in total. The van der Waals surface area contributed by atoms with Gasteiger partial charge in [0.25, 0.3) is 0 Å². The van der Waals surface area contributed by atoms with Crippen molar-refractivity contribution in [2.75, 3.05) is 7.11 Å². The van der Waals surface area contributed by atoms with Crippen molar-refractivity contribution in [2.24, 2.45) is 0 Å². The molecule has 2 aromatic carbocycles. The normalized spacial score (nSPS) is 10.6. The van der Waals surface area contributed by atoms with E-state index in [2.05, 4.69) is 0 Å². The molecule has 3 aromatic rings. The van der Waals surface area contributed by atoms with Crippen LogP contribution >= 0.6 is 0 Å². The number of carbonyl (C=O) groups excluding carboxylic acids is 2. The number of methoxy groups -OCH3 is 1. The first kappa shape index (κ1) is 18.8. The molecule has 0 atom stereocenters. The summed E-state index contributed by atoms with van der Waals surface area (Å²) in [4.78, 5) is 24.5. The lowest BCUT2D eigenvalue weighted by Crippen LogP contribution is -2.10. The summed E-state index contributed by atoms with van der Waals surface area (Å²) < 4.78 is 19.6. The molecule has 3 rings (SSSR count). The molecule has 0 radical (unpaired) electrons. The van der Waals surface area contributed by atoms with Gasteiger partial charge < -0.3 is 9.30 Å². The number of halogens is 1. The van der Waals surface area contributed by atoms with E-state index in [1.54, 1.807) is 47.0 Å². The molecule has 0 fully saturated rings. The van der Waals surface area contributed by atoms with E-state index in [1.807, 2.05) is 6.07 Å². The summed E-state index contributed by atoms with van der Waals surface area (Å²) in [5.41, 5.74) is 2.25. The Kier molecular flexibility index (Phi) is 5.47. The number of carbonyl (C=O) groups is 2. The van der Waals surface area contributed by atoms with Crippen LogP contribution in [0.1, 0.15) is 32.1 Å². The summed E-state index contributed by atoms with van der Waals surface area (Å²) in [6.07, 6.45) is 2.94. The monoisotopic (exact) mass is 374 g/mol. The van der Waals surface area contributed by atoms with E-state index in [9.17, 15) is 14.0 Å². The highest BCUT2D eigenvalue weighted by atomic mass is 19.1. The number of ether oxygens (including phenoxy) is 1. The van der Waals surface area contributed by atoms with Crippen LogP contribution in [0.15, 0.2) is 66.7 Å². The van der Waals surface area contributed by atoms with Gasteiger partial charge in [-0.05, 0) is 72.8 Å². The Balaban J connectivity index is 1.97. The topological polar surface area (TPSA) is 72.1 Å². The SMILES string of the molecule is COC(=O)c1ccc(/C=C\C(=O)c2ccc(C#N)cc2)n1-c1ccc(F)cc1. The Bertz CT molecular complexity index is 1090. The number of hydrogen-bond donors (Lipinski definition) is 0. The Morgan fingerprint density at radius 2 is 1.71 bits per heavy atom. The van der Waals surface area contributed by atoms with Gasteiger partial charge >= 0.3 is 5.97 Å². The van der Waals surface area contributed by atoms with Crippen LogP contribution in [-0.4, -0.2) is 23.4 Å². The molecular formula is C22H15FN2O3. The average molecular weight is 374 g/mol. The van der Waals surface area contributed by atoms with E-state index in [4.69, 9.17) is 10.00 Å². The van der Waals surface area contributed by atoms with Crippen LogP contribution < -0.4 is 0 Å². The molecule has 6 heteroatoms. The molecule has 0 saturated carbocycles. The molecular weight excluding hydrogens is 359 g/mol. The van der Waals surface area contributed by atoms with E-state index in [0.29, 0.717) is 22.5 Å². The predicted molar refractivity (Wildman–Crippen MR) is 102 cm³/mol. The Morgan fingerprint density at radius 1 is 1.04 bits per heavy atom. The first-order valence-electron chi connectivity index (χ1n) is 8.32. The molecule has 28 heavy (non-hydrogen) atoms. The van der Waals surface area contributed by atoms with Gasteiger partial charge in [0, 0.05) is 16.9 Å². The molecule has 0 N–H and O–H groups in total. The summed E-state index contributed by atoms with van der Waals surface area (Å²) in [7, 11) is 1.27. The zero-order valence-electron chi connectivity index (χ0n) is 14.9. The fourth-order valence-corrected chi connectivity index (χ4v) is 2.69. The van der Waals surface area contributed by atoms with Crippen LogP contribution in [0.4, 0.5) is 4.39 Å². The maximum absolute atomic E-state index is 13.3. The predicted octanol–water partition coefficient (Wildman–Crippen LogP) is 4.17. The molecule has 0 bridgehead atoms. The van der Waals surface area contributed by atoms with Crippen LogP contribution in [0.2, 0.25) is 0 Å². The maximum atomic E-state index is 13.3. The number of nitriles is 1. The van der Waals surface area contributed by atoms with E-state index >= 15 is 0 Å². The fourth-order valence-electron chi connectivity index (χ4n) is 2.69. The molecule has 0 unspecified atom stereocenters. The van der Waals surface area contributed by atoms with Crippen LogP contribution in [-0.2, 0) is 4.74 Å². The number of rotatable bonds is 5. The molecule has 138 valence electrons. The summed E-state index contributed by atoms with van der Waals surface area (Å²) in [5, 5.41) is 8.83. The molecule has 0 saturated heterocycles. The van der Waals surface area contributed by atoms with E-state index in [1.165, 1.54) is 37.5 Å². The minimum atomic E-state index is -0.553. The van der Waals surface area contributed by atoms with Gasteiger partial charge in [-0.2, -0.15) is 5.26 Å². The van der Waals surface area contributed by atoms with Gasteiger partial charge in [0.05, 0.1) is 18.7 Å². The zero-order valence-corrected chi connectivity index (χ0v) is 14.9. The third-order valence-electron chi connectivity index (χ3n) is 4.09. The number of aromatic nitrogens is 1. The number of hydrogen-bond acceptors (Lipinski definition) is 4. The number of allylic oxidation sites excluding steroid dienone is 1. The third kappa shape index (κ3) is 3.89. The summed E-state index contributed by atoms with van der Waals surface area (Å²) >= 11 is 0. The van der Waals surface area contributed by atoms with E-state index in [-0.39, 0.29) is 11.5 Å². The third-order valence-corrected chi connectivity index (χ3v) is 4.09. The van der Waals surface area contributed by atoms with Crippen LogP contribution in [0.5, 0.6) is 0 Å². The van der Waals surface area contributed by atoms with Crippen molar-refractivity contribution < 1.29 is 18.7 Å². The molecule has 0 spiro atoms.